The van der Waals surface area contributed by atoms with Crippen LogP contribution in [0.4, 0.5) is 26.3 Å². The zero-order valence-electron chi connectivity index (χ0n) is 13.5. The largest absolute Gasteiger partial charge is 0.426 e. The molecule has 0 radical (unpaired) electrons. The Hall–Kier alpha value is -1.25. The van der Waals surface area contributed by atoms with E-state index in [1.165, 1.54) is 34.0 Å². The number of hydrazone groups is 1. The van der Waals surface area contributed by atoms with Crippen LogP contribution in [0, 0.1) is 11.3 Å². The molecule has 0 aromatic rings. The number of nitrogens with zero attached hydrogens (tertiary/aromatic N) is 2. The van der Waals surface area contributed by atoms with Crippen LogP contribution < -0.4 is 0 Å². The van der Waals surface area contributed by atoms with Crippen molar-refractivity contribution < 1.29 is 31.4 Å². The molecule has 0 aromatic heterocycles. The third-order valence-electron chi connectivity index (χ3n) is 3.80. The minimum Gasteiger partial charge on any atom is -0.373 e. The van der Waals surface area contributed by atoms with Gasteiger partial charge in [0.25, 0.3) is 5.60 Å². The zero-order chi connectivity index (χ0) is 18.4. The van der Waals surface area contributed by atoms with Crippen LogP contribution in [0.15, 0.2) is 16.8 Å². The van der Waals surface area contributed by atoms with Gasteiger partial charge in [0.15, 0.2) is 0 Å². The highest BCUT2D eigenvalue weighted by Crippen LogP contribution is 2.56. The lowest BCUT2D eigenvalue weighted by Gasteiger charge is -2.48. The maximum Gasteiger partial charge on any atom is 0.426 e. The van der Waals surface area contributed by atoms with Gasteiger partial charge in [-0.2, -0.15) is 31.4 Å². The molecule has 1 N–H and O–H groups in total. The van der Waals surface area contributed by atoms with Gasteiger partial charge in [-0.25, -0.2) is 0 Å². The minimum absolute atomic E-state index is 0.0153. The summed E-state index contributed by atoms with van der Waals surface area (Å²) in [5.74, 6) is -2.28. The molecule has 0 saturated heterocycles. The summed E-state index contributed by atoms with van der Waals surface area (Å²) in [6, 6.07) is 0. The maximum atomic E-state index is 13.3. The summed E-state index contributed by atoms with van der Waals surface area (Å²) in [6.45, 7) is 4.13. The van der Waals surface area contributed by atoms with Gasteiger partial charge in [0, 0.05) is 14.1 Å². The van der Waals surface area contributed by atoms with Crippen LogP contribution in [0.2, 0.25) is 0 Å². The van der Waals surface area contributed by atoms with E-state index in [9.17, 15) is 31.4 Å². The normalized spacial score (nSPS) is 24.6. The molecule has 0 aliphatic heterocycles. The van der Waals surface area contributed by atoms with E-state index in [1.807, 2.05) is 0 Å². The van der Waals surface area contributed by atoms with Crippen molar-refractivity contribution >= 4 is 5.71 Å². The van der Waals surface area contributed by atoms with Gasteiger partial charge < -0.3 is 10.1 Å². The fourth-order valence-corrected chi connectivity index (χ4v) is 3.19. The molecule has 1 atom stereocenters. The maximum absolute atomic E-state index is 13.3. The van der Waals surface area contributed by atoms with E-state index in [4.69, 9.17) is 0 Å². The number of halogens is 6. The average Bonchev–Trinajstić information content (AvgIpc) is 2.21. The second-order valence-electron chi connectivity index (χ2n) is 6.72. The summed E-state index contributed by atoms with van der Waals surface area (Å²) < 4.78 is 79.7. The number of hydrogen-bond donors (Lipinski definition) is 1. The van der Waals surface area contributed by atoms with Crippen molar-refractivity contribution in [3.8, 4) is 0 Å². The predicted molar refractivity (Wildman–Crippen MR) is 73.8 cm³/mol. The summed E-state index contributed by atoms with van der Waals surface area (Å²) in [7, 11) is 2.77. The second kappa shape index (κ2) is 5.68. The molecule has 0 heterocycles. The number of allylic oxidation sites excluding steroid dienone is 2. The molecule has 1 aliphatic rings. The summed E-state index contributed by atoms with van der Waals surface area (Å²) in [5.41, 5.74) is -6.22. The van der Waals surface area contributed by atoms with E-state index in [2.05, 4.69) is 5.10 Å². The molecule has 3 nitrogen and oxygen atoms in total. The Balaban J connectivity index is 3.72. The van der Waals surface area contributed by atoms with E-state index in [0.717, 1.165) is 5.01 Å². The second-order valence-corrected chi connectivity index (χ2v) is 6.72. The quantitative estimate of drug-likeness (QED) is 0.611. The Bertz CT molecular complexity index is 502. The van der Waals surface area contributed by atoms with E-state index in [0.29, 0.717) is 5.57 Å². The third kappa shape index (κ3) is 3.49. The van der Waals surface area contributed by atoms with Gasteiger partial charge in [0.05, 0.1) is 11.6 Å². The van der Waals surface area contributed by atoms with Gasteiger partial charge in [0.2, 0.25) is 0 Å². The lowest BCUT2D eigenvalue weighted by molar-refractivity contribution is -0.385. The first-order valence-electron chi connectivity index (χ1n) is 6.83. The summed E-state index contributed by atoms with van der Waals surface area (Å²) in [4.78, 5) is 0. The highest BCUT2D eigenvalue weighted by atomic mass is 19.4. The molecule has 0 amide bonds. The Morgan fingerprint density at radius 2 is 1.57 bits per heavy atom. The van der Waals surface area contributed by atoms with Crippen molar-refractivity contribution in [2.24, 2.45) is 16.4 Å². The molecule has 9 heteroatoms. The fraction of sp³-hybridized carbons (Fsp3) is 0.786. The zero-order valence-corrected chi connectivity index (χ0v) is 13.5. The summed E-state index contributed by atoms with van der Waals surface area (Å²) in [5, 5.41) is 14.7. The number of alkyl halides is 6. The molecule has 134 valence electrons. The van der Waals surface area contributed by atoms with Crippen molar-refractivity contribution in [2.75, 3.05) is 14.1 Å². The fourth-order valence-electron chi connectivity index (χ4n) is 3.19. The molecule has 23 heavy (non-hydrogen) atoms. The van der Waals surface area contributed by atoms with E-state index in [-0.39, 0.29) is 6.42 Å². The van der Waals surface area contributed by atoms with Gasteiger partial charge in [-0.1, -0.05) is 19.4 Å². The first kappa shape index (κ1) is 19.8. The van der Waals surface area contributed by atoms with E-state index >= 15 is 0 Å². The van der Waals surface area contributed by atoms with E-state index in [1.54, 1.807) is 6.92 Å². The summed E-state index contributed by atoms with van der Waals surface area (Å²) >= 11 is 0. The number of rotatable bonds is 2. The predicted octanol–water partition coefficient (Wildman–Crippen LogP) is 3.75. The molecule has 1 unspecified atom stereocenters. The Kier molecular flexibility index (Phi) is 4.89. The highest BCUT2D eigenvalue weighted by Gasteiger charge is 2.76. The average molecular weight is 346 g/mol. The van der Waals surface area contributed by atoms with Crippen LogP contribution in [-0.2, 0) is 0 Å². The van der Waals surface area contributed by atoms with Crippen molar-refractivity contribution in [3.63, 3.8) is 0 Å². The molecular weight excluding hydrogens is 326 g/mol. The Morgan fingerprint density at radius 3 is 1.91 bits per heavy atom. The lowest BCUT2D eigenvalue weighted by atomic mass is 9.61. The standard InChI is InChI=1S/C14H20F6N2O/c1-8-6-9(21-22(4)5)10(11(2,3)7-8)12(23,13(15,16)17)14(18,19)20/h6,10,23H,7H2,1-5H3. The van der Waals surface area contributed by atoms with Crippen LogP contribution >= 0.6 is 0 Å². The van der Waals surface area contributed by atoms with Crippen LogP contribution in [-0.4, -0.2) is 47.9 Å². The Morgan fingerprint density at radius 1 is 1.13 bits per heavy atom. The highest BCUT2D eigenvalue weighted by molar-refractivity contribution is 5.99. The van der Waals surface area contributed by atoms with Crippen molar-refractivity contribution in [1.82, 2.24) is 5.01 Å². The van der Waals surface area contributed by atoms with Crippen LogP contribution in [0.5, 0.6) is 0 Å². The topological polar surface area (TPSA) is 35.8 Å². The third-order valence-corrected chi connectivity index (χ3v) is 3.80. The molecular formula is C14H20F6N2O. The molecule has 0 fully saturated rings. The SMILES string of the molecule is CC1=CC(=NN(C)C)C(C(O)(C(F)(F)F)C(F)(F)F)C(C)(C)C1. The van der Waals surface area contributed by atoms with Crippen LogP contribution in [0.1, 0.15) is 27.2 Å². The molecule has 1 rings (SSSR count). The lowest BCUT2D eigenvalue weighted by Crippen LogP contribution is -2.67. The van der Waals surface area contributed by atoms with Gasteiger partial charge in [-0.15, -0.1) is 0 Å². The van der Waals surface area contributed by atoms with Gasteiger partial charge in [-0.3, -0.25) is 0 Å². The van der Waals surface area contributed by atoms with Gasteiger partial charge in [0.1, 0.15) is 0 Å². The molecule has 1 aliphatic carbocycles. The smallest absolute Gasteiger partial charge is 0.373 e. The van der Waals surface area contributed by atoms with Gasteiger partial charge >= 0.3 is 12.4 Å². The summed E-state index contributed by atoms with van der Waals surface area (Å²) in [6.07, 6.45) is -10.6. The monoisotopic (exact) mass is 346 g/mol. The van der Waals surface area contributed by atoms with Crippen LogP contribution in [0.3, 0.4) is 0 Å². The van der Waals surface area contributed by atoms with Gasteiger partial charge in [-0.05, 0) is 24.8 Å². The molecule has 0 aromatic carbocycles. The first-order chi connectivity index (χ1) is 10.0. The van der Waals surface area contributed by atoms with E-state index < -0.39 is 35.0 Å². The van der Waals surface area contributed by atoms with Crippen molar-refractivity contribution in [1.29, 1.82) is 0 Å². The van der Waals surface area contributed by atoms with Crippen molar-refractivity contribution in [2.45, 2.75) is 45.1 Å². The molecule has 0 bridgehead atoms. The number of aliphatic hydroxyl groups is 1. The number of hydrogen-bond acceptors (Lipinski definition) is 3. The molecule has 0 spiro atoms. The minimum atomic E-state index is -5.89. The Labute approximate surface area is 130 Å². The first-order valence-corrected chi connectivity index (χ1v) is 6.83. The van der Waals surface area contributed by atoms with Crippen molar-refractivity contribution in [3.05, 3.63) is 11.6 Å². The van der Waals surface area contributed by atoms with Crippen LogP contribution in [0.25, 0.3) is 0 Å². The molecule has 0 saturated carbocycles.